The van der Waals surface area contributed by atoms with Gasteiger partial charge in [-0.2, -0.15) is 0 Å². The summed E-state index contributed by atoms with van der Waals surface area (Å²) in [6.45, 7) is 4.70. The topological polar surface area (TPSA) is 35.1 Å². The van der Waals surface area contributed by atoms with Gasteiger partial charge in [0.05, 0.1) is 38.8 Å². The Morgan fingerprint density at radius 3 is 2.00 bits per heavy atom. The van der Waals surface area contributed by atoms with Gasteiger partial charge in [0.1, 0.15) is 0 Å². The summed E-state index contributed by atoms with van der Waals surface area (Å²) in [4.78, 5) is 11.4. The first-order valence-corrected chi connectivity index (χ1v) is 20.5. The molecule has 0 spiro atoms. The van der Waals surface area contributed by atoms with Crippen molar-refractivity contribution in [2.45, 2.75) is 19.3 Å². The fraction of sp³-hybridized carbons (Fsp3) is 0.0545. The molecule has 1 aliphatic carbocycles. The SMILES string of the molecule is CC1(C)c2ccccc2-c2ccc(-c3nc(-n4c5cccc6c7cccc8c9ccccc9n(c9cc%10ccccc%10c4c9c65)c78)nc4c3ccc3ccccc34)cc21. The van der Waals surface area contributed by atoms with Gasteiger partial charge in [-0.15, -0.1) is 0 Å². The van der Waals surface area contributed by atoms with E-state index in [-0.39, 0.29) is 5.41 Å². The minimum Gasteiger partial charge on any atom is -0.308 e. The van der Waals surface area contributed by atoms with Crippen molar-refractivity contribution in [2.24, 2.45) is 0 Å². The molecule has 4 heteroatoms. The molecule has 0 aliphatic heterocycles. The van der Waals surface area contributed by atoms with E-state index < -0.39 is 0 Å². The number of rotatable bonds is 2. The Morgan fingerprint density at radius 1 is 0.424 bits per heavy atom. The molecule has 274 valence electrons. The molecule has 0 unspecified atom stereocenters. The van der Waals surface area contributed by atoms with E-state index in [2.05, 4.69) is 193 Å². The van der Waals surface area contributed by atoms with Gasteiger partial charge in [-0.3, -0.25) is 4.57 Å². The van der Waals surface area contributed by atoms with Crippen molar-refractivity contribution >= 4 is 92.3 Å². The summed E-state index contributed by atoms with van der Waals surface area (Å²) in [7, 11) is 0. The molecule has 0 radical (unpaired) electrons. The molecule has 0 N–H and O–H groups in total. The van der Waals surface area contributed by atoms with Gasteiger partial charge in [0.25, 0.3) is 0 Å². The Bertz CT molecular complexity index is 3990. The van der Waals surface area contributed by atoms with Crippen LogP contribution in [0.3, 0.4) is 0 Å². The molecular formula is C55H34N4. The average Bonchev–Trinajstić information content (AvgIpc) is 3.86. The molecule has 0 fully saturated rings. The molecule has 4 aromatic heterocycles. The van der Waals surface area contributed by atoms with Gasteiger partial charge in [-0.25, -0.2) is 9.97 Å². The Hall–Kier alpha value is -7.56. The van der Waals surface area contributed by atoms with E-state index in [0.29, 0.717) is 5.95 Å². The number of aromatic nitrogens is 4. The van der Waals surface area contributed by atoms with Gasteiger partial charge in [0.2, 0.25) is 5.95 Å². The van der Waals surface area contributed by atoms with Crippen molar-refractivity contribution in [3.8, 4) is 28.3 Å². The third kappa shape index (κ3) is 3.89. The first kappa shape index (κ1) is 31.5. The van der Waals surface area contributed by atoms with Crippen LogP contribution in [0.5, 0.6) is 0 Å². The lowest BCUT2D eigenvalue weighted by molar-refractivity contribution is 0.660. The molecule has 0 saturated heterocycles. The predicted octanol–water partition coefficient (Wildman–Crippen LogP) is 14.2. The molecule has 4 nitrogen and oxygen atoms in total. The van der Waals surface area contributed by atoms with Crippen LogP contribution in [-0.2, 0) is 5.41 Å². The fourth-order valence-corrected chi connectivity index (χ4v) is 11.0. The molecule has 9 aromatic carbocycles. The molecule has 4 heterocycles. The summed E-state index contributed by atoms with van der Waals surface area (Å²) in [5.74, 6) is 0.669. The molecule has 1 aliphatic rings. The summed E-state index contributed by atoms with van der Waals surface area (Å²) >= 11 is 0. The summed E-state index contributed by atoms with van der Waals surface area (Å²) < 4.78 is 4.89. The van der Waals surface area contributed by atoms with Gasteiger partial charge in [-0.1, -0.05) is 153 Å². The van der Waals surface area contributed by atoms with Gasteiger partial charge in [0, 0.05) is 54.1 Å². The monoisotopic (exact) mass is 750 g/mol. The highest BCUT2D eigenvalue weighted by Crippen LogP contribution is 2.51. The second kappa shape index (κ2) is 10.9. The average molecular weight is 751 g/mol. The third-order valence-corrected chi connectivity index (χ3v) is 13.6. The minimum absolute atomic E-state index is 0.142. The van der Waals surface area contributed by atoms with Crippen LogP contribution in [0.15, 0.2) is 170 Å². The highest BCUT2D eigenvalue weighted by molar-refractivity contribution is 6.34. The molecule has 0 saturated carbocycles. The largest absolute Gasteiger partial charge is 0.308 e. The quantitative estimate of drug-likeness (QED) is 0.165. The minimum atomic E-state index is -0.142. The molecule has 0 bridgehead atoms. The Morgan fingerprint density at radius 2 is 1.10 bits per heavy atom. The van der Waals surface area contributed by atoms with E-state index in [0.717, 1.165) is 44.0 Å². The molecule has 14 rings (SSSR count). The second-order valence-corrected chi connectivity index (χ2v) is 16.9. The van der Waals surface area contributed by atoms with Gasteiger partial charge in [-0.05, 0) is 68.7 Å². The molecule has 13 aromatic rings. The summed E-state index contributed by atoms with van der Waals surface area (Å²) in [5, 5.41) is 13.1. The Balaban J connectivity index is 1.18. The highest BCUT2D eigenvalue weighted by Gasteiger charge is 2.35. The van der Waals surface area contributed by atoms with E-state index in [4.69, 9.17) is 9.97 Å². The fourth-order valence-electron chi connectivity index (χ4n) is 11.0. The van der Waals surface area contributed by atoms with Crippen LogP contribution in [0.4, 0.5) is 0 Å². The van der Waals surface area contributed by atoms with Crippen LogP contribution in [0, 0.1) is 0 Å². The van der Waals surface area contributed by atoms with Crippen molar-refractivity contribution in [1.82, 2.24) is 18.9 Å². The molecule has 0 atom stereocenters. The lowest BCUT2D eigenvalue weighted by Gasteiger charge is -2.22. The van der Waals surface area contributed by atoms with Crippen LogP contribution < -0.4 is 0 Å². The van der Waals surface area contributed by atoms with E-state index in [1.807, 2.05) is 0 Å². The standard InChI is InChI=1S/C55H34N4/c1-55(2)43-22-9-7-17-36(43)37-27-26-33(29-44(37)55)50-42-28-25-31-13-3-5-15-34(31)51(42)57-54(56-50)59-46-24-12-19-39-41-21-11-20-40-38-18-8-10-23-45(38)58(52(40)41)47-30-32-14-4-6-16-35(32)53(59)49(47)48(39)46/h3-30H,1-2H3. The predicted molar refractivity (Wildman–Crippen MR) is 247 cm³/mol. The smallest absolute Gasteiger partial charge is 0.235 e. The van der Waals surface area contributed by atoms with Crippen LogP contribution in [0.2, 0.25) is 0 Å². The van der Waals surface area contributed by atoms with Gasteiger partial charge < -0.3 is 4.40 Å². The van der Waals surface area contributed by atoms with Gasteiger partial charge >= 0.3 is 0 Å². The van der Waals surface area contributed by atoms with Gasteiger partial charge in [0.15, 0.2) is 0 Å². The van der Waals surface area contributed by atoms with E-state index in [1.54, 1.807) is 0 Å². The normalized spacial score (nSPS) is 13.7. The first-order valence-electron chi connectivity index (χ1n) is 20.5. The van der Waals surface area contributed by atoms with Crippen LogP contribution >= 0.6 is 0 Å². The lowest BCUT2D eigenvalue weighted by atomic mass is 9.82. The zero-order valence-corrected chi connectivity index (χ0v) is 32.5. The zero-order valence-electron chi connectivity index (χ0n) is 32.5. The summed E-state index contributed by atoms with van der Waals surface area (Å²) in [6.07, 6.45) is 0. The summed E-state index contributed by atoms with van der Waals surface area (Å²) in [6, 6.07) is 62.5. The van der Waals surface area contributed by atoms with Crippen molar-refractivity contribution in [3.63, 3.8) is 0 Å². The Kier molecular flexibility index (Phi) is 5.81. The van der Waals surface area contributed by atoms with E-state index in [1.165, 1.54) is 81.9 Å². The maximum Gasteiger partial charge on any atom is 0.235 e. The van der Waals surface area contributed by atoms with E-state index in [9.17, 15) is 0 Å². The third-order valence-electron chi connectivity index (χ3n) is 13.6. The van der Waals surface area contributed by atoms with Crippen LogP contribution in [0.25, 0.3) is 121 Å². The zero-order chi connectivity index (χ0) is 38.7. The number of hydrogen-bond acceptors (Lipinski definition) is 2. The maximum absolute atomic E-state index is 5.72. The number of nitrogens with zero attached hydrogens (tertiary/aromatic N) is 4. The van der Waals surface area contributed by atoms with Crippen molar-refractivity contribution < 1.29 is 0 Å². The van der Waals surface area contributed by atoms with Crippen LogP contribution in [-0.4, -0.2) is 18.9 Å². The van der Waals surface area contributed by atoms with Crippen LogP contribution in [0.1, 0.15) is 25.0 Å². The number of fused-ring (bicyclic) bond motifs is 13. The lowest BCUT2D eigenvalue weighted by Crippen LogP contribution is -2.15. The number of para-hydroxylation sites is 2. The first-order chi connectivity index (χ1) is 29.0. The Labute approximate surface area is 338 Å². The van der Waals surface area contributed by atoms with Crippen molar-refractivity contribution in [2.75, 3.05) is 0 Å². The molecule has 59 heavy (non-hydrogen) atoms. The van der Waals surface area contributed by atoms with Crippen molar-refractivity contribution in [3.05, 3.63) is 181 Å². The highest BCUT2D eigenvalue weighted by atomic mass is 15.2. The van der Waals surface area contributed by atoms with Crippen molar-refractivity contribution in [1.29, 1.82) is 0 Å². The van der Waals surface area contributed by atoms with E-state index >= 15 is 0 Å². The summed E-state index contributed by atoms with van der Waals surface area (Å²) in [5.41, 5.74) is 14.0. The maximum atomic E-state index is 5.72. The molecular weight excluding hydrogens is 717 g/mol. The number of benzene rings is 9. The second-order valence-electron chi connectivity index (χ2n) is 16.9. The molecule has 0 amide bonds. The number of hydrogen-bond donors (Lipinski definition) is 0.